The minimum Gasteiger partial charge on any atom is -0.790 e. The molecule has 0 bridgehead atoms. The summed E-state index contributed by atoms with van der Waals surface area (Å²) in [4.78, 5) is 32.2. The van der Waals surface area contributed by atoms with Crippen LogP contribution < -0.4 is 14.7 Å². The first-order valence-corrected chi connectivity index (χ1v) is 24.8. The van der Waals surface area contributed by atoms with Crippen molar-refractivity contribution in [2.75, 3.05) is 6.61 Å². The van der Waals surface area contributed by atoms with Crippen LogP contribution in [0.4, 0.5) is 0 Å². The highest BCUT2D eigenvalue weighted by atomic mass is 31.3. The summed E-state index contributed by atoms with van der Waals surface area (Å²) in [7, 11) is -10.9. The molecule has 0 rings (SSSR count). The van der Waals surface area contributed by atoms with Crippen LogP contribution in [0.5, 0.6) is 0 Å². The fraction of sp³-hybridized carbons (Fsp3) is 0.600. The summed E-state index contributed by atoms with van der Waals surface area (Å²) in [5.41, 5.74) is 13.9. The van der Waals surface area contributed by atoms with Gasteiger partial charge in [0.1, 0.15) is 0 Å². The molecule has 0 aromatic carbocycles. The van der Waals surface area contributed by atoms with Crippen LogP contribution in [-0.4, -0.2) is 6.61 Å². The van der Waals surface area contributed by atoms with E-state index in [9.17, 15) is 23.8 Å². The largest absolute Gasteiger partial charge is 0.790 e. The maximum atomic E-state index is 11.3. The monoisotopic (exact) mass is 856 g/mol. The molecule has 59 heavy (non-hydrogen) atoms. The Balaban J connectivity index is 4.30. The van der Waals surface area contributed by atoms with E-state index in [-0.39, 0.29) is 0 Å². The van der Waals surface area contributed by atoms with E-state index < -0.39 is 22.3 Å². The lowest BCUT2D eigenvalue weighted by molar-refractivity contribution is -0.339. The topological polar surface area (TPSA) is 122 Å². The number of phosphoric ester groups is 1. The summed E-state index contributed by atoms with van der Waals surface area (Å²) in [5.74, 6) is 0. The molecule has 0 aliphatic heterocycles. The molecule has 0 aliphatic rings. The molecule has 0 amide bonds. The average molecular weight is 856 g/mol. The van der Waals surface area contributed by atoms with Gasteiger partial charge in [-0.3, -0.25) is 8.88 Å². The summed E-state index contributed by atoms with van der Waals surface area (Å²) in [6.07, 6.45) is 42.1. The second-order valence-electron chi connectivity index (χ2n) is 16.9. The summed E-state index contributed by atoms with van der Waals surface area (Å²) in [5, 5.41) is 0. The van der Waals surface area contributed by atoms with Crippen molar-refractivity contribution in [1.82, 2.24) is 0 Å². The fourth-order valence-corrected chi connectivity index (χ4v) is 7.72. The number of rotatable bonds is 32. The number of allylic oxidation sites excluding steroid dienone is 19. The minimum absolute atomic E-state index is 0.391. The van der Waals surface area contributed by atoms with Crippen LogP contribution in [0, 0.1) is 0 Å². The van der Waals surface area contributed by atoms with E-state index in [1.807, 2.05) is 6.92 Å². The molecule has 1 atom stereocenters. The predicted octanol–water partition coefficient (Wildman–Crippen LogP) is 14.8. The Morgan fingerprint density at radius 1 is 0.356 bits per heavy atom. The van der Waals surface area contributed by atoms with Gasteiger partial charge in [0.2, 0.25) is 0 Å². The lowest BCUT2D eigenvalue weighted by Crippen LogP contribution is -2.19. The molecular formula is C50H81O7P2-3. The van der Waals surface area contributed by atoms with Gasteiger partial charge in [-0.2, -0.15) is 0 Å². The van der Waals surface area contributed by atoms with E-state index in [4.69, 9.17) is 0 Å². The van der Waals surface area contributed by atoms with Gasteiger partial charge < -0.3 is 23.8 Å². The van der Waals surface area contributed by atoms with Gasteiger partial charge in [-0.25, -0.2) is 0 Å². The number of hydrogen-bond donors (Lipinski definition) is 0. The minimum atomic E-state index is -5.67. The summed E-state index contributed by atoms with van der Waals surface area (Å²) >= 11 is 0. The molecule has 0 aromatic heterocycles. The van der Waals surface area contributed by atoms with Crippen LogP contribution in [0.1, 0.15) is 192 Å². The van der Waals surface area contributed by atoms with Gasteiger partial charge in [0, 0.05) is 0 Å². The van der Waals surface area contributed by atoms with Crippen molar-refractivity contribution in [2.24, 2.45) is 0 Å². The van der Waals surface area contributed by atoms with Crippen LogP contribution in [0.15, 0.2) is 116 Å². The first kappa shape index (κ1) is 56.7. The maximum absolute atomic E-state index is 11.3. The molecular weight excluding hydrogens is 774 g/mol. The zero-order valence-electron chi connectivity index (χ0n) is 39.0. The molecule has 0 spiro atoms. The highest BCUT2D eigenvalue weighted by Crippen LogP contribution is 2.50. The molecule has 0 saturated heterocycles. The van der Waals surface area contributed by atoms with E-state index in [1.165, 1.54) is 62.7 Å². The molecule has 0 radical (unpaired) electrons. The van der Waals surface area contributed by atoms with Crippen molar-refractivity contribution in [3.05, 3.63) is 116 Å². The molecule has 0 aromatic rings. The quantitative estimate of drug-likeness (QED) is 0.0488. The van der Waals surface area contributed by atoms with Gasteiger partial charge in [-0.05, 0) is 192 Å². The predicted molar refractivity (Wildman–Crippen MR) is 249 cm³/mol. The Labute approximate surface area is 361 Å². The van der Waals surface area contributed by atoms with Gasteiger partial charge >= 0.3 is 0 Å². The first-order valence-electron chi connectivity index (χ1n) is 21.9. The van der Waals surface area contributed by atoms with Gasteiger partial charge in [-0.15, -0.1) is 0 Å². The standard InChI is InChI=1S/C50H84O7P2/c1-41(2)21-12-22-42(3)23-13-24-43(4)25-14-26-44(5)27-15-28-45(6)29-16-30-46(7)31-17-32-47(8)33-18-34-48(9)35-19-36-49(10)37-20-38-50(11)39-40-56-59(54,55)57-58(51,52)53/h21,23,25,27,29,31,33,35,37,39H,12-20,22,24,26,28,30,32,34,36,38,40H2,1-11H3,(H,54,55)(H2,51,52,53)/p-3/b42-23+,43-25+,44-27-,45-29-,46-31-,47-33-,48-35-,49-37-,50-39-. The third kappa shape index (κ3) is 38.3. The van der Waals surface area contributed by atoms with Crippen molar-refractivity contribution >= 4 is 15.6 Å². The molecule has 0 aliphatic carbocycles. The van der Waals surface area contributed by atoms with Crippen LogP contribution in [0.3, 0.4) is 0 Å². The number of phosphoric acid groups is 2. The van der Waals surface area contributed by atoms with E-state index >= 15 is 0 Å². The van der Waals surface area contributed by atoms with Crippen molar-refractivity contribution in [2.45, 2.75) is 192 Å². The fourth-order valence-electron chi connectivity index (χ4n) is 6.29. The zero-order chi connectivity index (χ0) is 44.7. The van der Waals surface area contributed by atoms with Crippen molar-refractivity contribution < 1.29 is 32.6 Å². The average Bonchev–Trinajstić information content (AvgIpc) is 3.10. The summed E-state index contributed by atoms with van der Waals surface area (Å²) in [6, 6.07) is 0. The lowest BCUT2D eigenvalue weighted by Gasteiger charge is -2.34. The van der Waals surface area contributed by atoms with E-state index in [0.717, 1.165) is 108 Å². The van der Waals surface area contributed by atoms with Crippen molar-refractivity contribution in [1.29, 1.82) is 0 Å². The van der Waals surface area contributed by atoms with Crippen LogP contribution in [0.2, 0.25) is 0 Å². The molecule has 0 fully saturated rings. The van der Waals surface area contributed by atoms with Crippen LogP contribution in [-0.2, 0) is 18.0 Å². The molecule has 0 heterocycles. The summed E-state index contributed by atoms with van der Waals surface area (Å²) in [6.45, 7) is 23.7. The molecule has 0 N–H and O–H groups in total. The van der Waals surface area contributed by atoms with Gasteiger partial charge in [-0.1, -0.05) is 116 Å². The van der Waals surface area contributed by atoms with Crippen LogP contribution in [0.25, 0.3) is 0 Å². The van der Waals surface area contributed by atoms with E-state index in [1.54, 1.807) is 0 Å². The first-order chi connectivity index (χ1) is 27.7. The molecule has 0 saturated carbocycles. The smallest absolute Gasteiger partial charge is 0.272 e. The molecule has 336 valence electrons. The molecule has 9 heteroatoms. The van der Waals surface area contributed by atoms with E-state index in [0.29, 0.717) is 6.42 Å². The lowest BCUT2D eigenvalue weighted by atomic mass is 10.0. The Kier molecular flexibility index (Phi) is 32.0. The third-order valence-electron chi connectivity index (χ3n) is 10.2. The highest BCUT2D eigenvalue weighted by molar-refractivity contribution is 7.58. The SMILES string of the molecule is CC(C)=CCC/C(C)=C/CC/C(C)=C/CC/C(C)=C\CC/C(C)=C\CC/C(C)=C\CC/C(C)=C\CC/C(C)=C\CC/C(C)=C\CC/C(C)=C\COP(=O)([O-])OP(=O)([O-])[O-]. The Hall–Kier alpha value is -2.34. The van der Waals surface area contributed by atoms with E-state index in [2.05, 4.69) is 133 Å². The Morgan fingerprint density at radius 3 is 0.763 bits per heavy atom. The summed E-state index contributed by atoms with van der Waals surface area (Å²) < 4.78 is 29.6. The number of hydrogen-bond acceptors (Lipinski definition) is 7. The van der Waals surface area contributed by atoms with Crippen molar-refractivity contribution in [3.8, 4) is 0 Å². The normalized spacial score (nSPS) is 15.9. The van der Waals surface area contributed by atoms with Gasteiger partial charge in [0.05, 0.1) is 14.4 Å². The van der Waals surface area contributed by atoms with Crippen molar-refractivity contribution in [3.63, 3.8) is 0 Å². The Bertz CT molecular complexity index is 1640. The van der Waals surface area contributed by atoms with Gasteiger partial charge in [0.15, 0.2) is 0 Å². The maximum Gasteiger partial charge on any atom is 0.272 e. The van der Waals surface area contributed by atoms with Gasteiger partial charge in [0.25, 0.3) is 7.82 Å². The molecule has 7 nitrogen and oxygen atoms in total. The third-order valence-corrected chi connectivity index (χ3v) is 12.3. The zero-order valence-corrected chi connectivity index (χ0v) is 40.7. The Morgan fingerprint density at radius 2 is 0.559 bits per heavy atom. The second kappa shape index (κ2) is 33.3. The highest BCUT2D eigenvalue weighted by Gasteiger charge is 2.10. The molecule has 1 unspecified atom stereocenters. The second-order valence-corrected chi connectivity index (χ2v) is 19.6. The van der Waals surface area contributed by atoms with Crippen LogP contribution >= 0.6 is 15.6 Å².